The van der Waals surface area contributed by atoms with Gasteiger partial charge in [-0.25, -0.2) is 4.79 Å². The molecule has 0 aromatic heterocycles. The standard InChI is InChI=1S/C5H9NO3/c6-5(8)9-4-2-1-3-7/h1-2,7H,3-4H2,(H2,6,8). The van der Waals surface area contributed by atoms with Crippen LogP contribution in [0.5, 0.6) is 0 Å². The fraction of sp³-hybridized carbons (Fsp3) is 0.400. The summed E-state index contributed by atoms with van der Waals surface area (Å²) in [4.78, 5) is 9.87. The van der Waals surface area contributed by atoms with E-state index in [1.54, 1.807) is 0 Å². The van der Waals surface area contributed by atoms with Gasteiger partial charge < -0.3 is 15.6 Å². The van der Waals surface area contributed by atoms with E-state index < -0.39 is 6.09 Å². The third kappa shape index (κ3) is 6.97. The minimum absolute atomic E-state index is 0.0535. The molecule has 0 rings (SSSR count). The van der Waals surface area contributed by atoms with Crippen molar-refractivity contribution in [3.8, 4) is 0 Å². The average molecular weight is 131 g/mol. The van der Waals surface area contributed by atoms with Crippen LogP contribution in [0.15, 0.2) is 12.2 Å². The summed E-state index contributed by atoms with van der Waals surface area (Å²) in [6.07, 6.45) is 2.16. The molecule has 0 aliphatic heterocycles. The van der Waals surface area contributed by atoms with Crippen LogP contribution in [0.25, 0.3) is 0 Å². The first-order valence-corrected chi connectivity index (χ1v) is 2.45. The highest BCUT2D eigenvalue weighted by Gasteiger charge is 1.85. The summed E-state index contributed by atoms with van der Waals surface area (Å²) in [6.45, 7) is 0.0675. The second-order valence-corrected chi connectivity index (χ2v) is 1.28. The van der Waals surface area contributed by atoms with Crippen LogP contribution in [-0.2, 0) is 4.74 Å². The quantitative estimate of drug-likeness (QED) is 0.513. The van der Waals surface area contributed by atoms with Crippen LogP contribution in [0.1, 0.15) is 0 Å². The number of ether oxygens (including phenoxy) is 1. The second-order valence-electron chi connectivity index (χ2n) is 1.28. The molecule has 0 saturated heterocycles. The number of carbonyl (C=O) groups excluding carboxylic acids is 1. The van der Waals surface area contributed by atoms with Crippen LogP contribution in [-0.4, -0.2) is 24.4 Å². The molecule has 1 amide bonds. The molecular weight excluding hydrogens is 122 g/mol. The molecule has 0 radical (unpaired) electrons. The third-order valence-corrected chi connectivity index (χ3v) is 0.594. The number of amides is 1. The van der Waals surface area contributed by atoms with E-state index >= 15 is 0 Å². The molecule has 0 bridgehead atoms. The van der Waals surface area contributed by atoms with Gasteiger partial charge in [-0.05, 0) is 6.08 Å². The molecule has 4 heteroatoms. The molecule has 52 valence electrons. The van der Waals surface area contributed by atoms with Crippen molar-refractivity contribution in [2.45, 2.75) is 0 Å². The number of aliphatic hydroxyl groups is 1. The summed E-state index contributed by atoms with van der Waals surface area (Å²) in [5, 5.41) is 8.17. The highest BCUT2D eigenvalue weighted by molar-refractivity contribution is 5.64. The highest BCUT2D eigenvalue weighted by atomic mass is 16.5. The number of nitrogens with two attached hydrogens (primary N) is 1. The zero-order chi connectivity index (χ0) is 7.11. The average Bonchev–Trinajstić information content (AvgIpc) is 1.80. The van der Waals surface area contributed by atoms with E-state index in [1.165, 1.54) is 12.2 Å². The van der Waals surface area contributed by atoms with Crippen molar-refractivity contribution in [2.75, 3.05) is 13.2 Å². The Morgan fingerprint density at radius 2 is 2.33 bits per heavy atom. The molecule has 3 N–H and O–H groups in total. The van der Waals surface area contributed by atoms with Gasteiger partial charge in [-0.3, -0.25) is 0 Å². The first kappa shape index (κ1) is 7.97. The fourth-order valence-corrected chi connectivity index (χ4v) is 0.273. The van der Waals surface area contributed by atoms with Crippen LogP contribution >= 0.6 is 0 Å². The lowest BCUT2D eigenvalue weighted by Crippen LogP contribution is -2.12. The van der Waals surface area contributed by atoms with Gasteiger partial charge in [0.2, 0.25) is 0 Å². The van der Waals surface area contributed by atoms with Crippen molar-refractivity contribution in [2.24, 2.45) is 5.73 Å². The number of hydrogen-bond donors (Lipinski definition) is 2. The van der Waals surface area contributed by atoms with E-state index in [4.69, 9.17) is 5.11 Å². The lowest BCUT2D eigenvalue weighted by Gasteiger charge is -1.92. The molecule has 0 atom stereocenters. The van der Waals surface area contributed by atoms with Gasteiger partial charge in [0, 0.05) is 0 Å². The van der Waals surface area contributed by atoms with Gasteiger partial charge in [-0.1, -0.05) is 6.08 Å². The number of primary amides is 1. The number of aliphatic hydroxyl groups excluding tert-OH is 1. The van der Waals surface area contributed by atoms with Gasteiger partial charge in [-0.15, -0.1) is 0 Å². The number of rotatable bonds is 3. The summed E-state index contributed by atoms with van der Waals surface area (Å²) in [5.41, 5.74) is 4.62. The molecule has 0 aromatic rings. The molecular formula is C5H9NO3. The molecule has 0 aliphatic rings. The Morgan fingerprint density at radius 3 is 2.78 bits per heavy atom. The topological polar surface area (TPSA) is 72.6 Å². The largest absolute Gasteiger partial charge is 0.445 e. The van der Waals surface area contributed by atoms with Gasteiger partial charge in [0.1, 0.15) is 6.61 Å². The van der Waals surface area contributed by atoms with Crippen molar-refractivity contribution >= 4 is 6.09 Å². The lowest BCUT2D eigenvalue weighted by atomic mass is 10.5. The van der Waals surface area contributed by atoms with Gasteiger partial charge >= 0.3 is 6.09 Å². The lowest BCUT2D eigenvalue weighted by molar-refractivity contribution is 0.169. The van der Waals surface area contributed by atoms with Crippen molar-refractivity contribution in [1.82, 2.24) is 0 Å². The Labute approximate surface area is 52.9 Å². The predicted molar refractivity (Wildman–Crippen MR) is 31.8 cm³/mol. The molecule has 9 heavy (non-hydrogen) atoms. The Kier molecular flexibility index (Phi) is 4.53. The normalized spacial score (nSPS) is 9.89. The Hall–Kier alpha value is -1.03. The Bertz CT molecular complexity index is 111. The van der Waals surface area contributed by atoms with Gasteiger partial charge in [0.25, 0.3) is 0 Å². The zero-order valence-corrected chi connectivity index (χ0v) is 4.91. The van der Waals surface area contributed by atoms with E-state index in [0.717, 1.165) is 0 Å². The summed E-state index contributed by atoms with van der Waals surface area (Å²) in [5.74, 6) is 0. The maximum Gasteiger partial charge on any atom is 0.404 e. The Balaban J connectivity index is 3.09. The van der Waals surface area contributed by atoms with Crippen LogP contribution in [0.4, 0.5) is 4.79 Å². The monoisotopic (exact) mass is 131 g/mol. The van der Waals surface area contributed by atoms with Crippen molar-refractivity contribution in [3.63, 3.8) is 0 Å². The second kappa shape index (κ2) is 5.11. The molecule has 0 saturated carbocycles. The van der Waals surface area contributed by atoms with Crippen molar-refractivity contribution < 1.29 is 14.6 Å². The smallest absolute Gasteiger partial charge is 0.404 e. The molecule has 0 heterocycles. The van der Waals surface area contributed by atoms with Crippen molar-refractivity contribution in [3.05, 3.63) is 12.2 Å². The summed E-state index contributed by atoms with van der Waals surface area (Å²) < 4.78 is 4.28. The molecule has 0 spiro atoms. The zero-order valence-electron chi connectivity index (χ0n) is 4.91. The third-order valence-electron chi connectivity index (χ3n) is 0.594. The predicted octanol–water partition coefficient (Wildman–Crippen LogP) is -0.370. The number of hydrogen-bond acceptors (Lipinski definition) is 3. The van der Waals surface area contributed by atoms with Gasteiger partial charge in [0.05, 0.1) is 6.61 Å². The Morgan fingerprint density at radius 1 is 1.67 bits per heavy atom. The summed E-state index contributed by atoms with van der Waals surface area (Å²) in [7, 11) is 0. The molecule has 0 fully saturated rings. The van der Waals surface area contributed by atoms with E-state index in [9.17, 15) is 4.79 Å². The minimum Gasteiger partial charge on any atom is -0.445 e. The van der Waals surface area contributed by atoms with Gasteiger partial charge in [-0.2, -0.15) is 0 Å². The highest BCUT2D eigenvalue weighted by Crippen LogP contribution is 1.75. The van der Waals surface area contributed by atoms with Crippen LogP contribution in [0.2, 0.25) is 0 Å². The van der Waals surface area contributed by atoms with Gasteiger partial charge in [0.15, 0.2) is 0 Å². The van der Waals surface area contributed by atoms with Crippen LogP contribution < -0.4 is 5.73 Å². The first-order valence-electron chi connectivity index (χ1n) is 2.45. The van der Waals surface area contributed by atoms with Crippen LogP contribution in [0.3, 0.4) is 0 Å². The van der Waals surface area contributed by atoms with Crippen molar-refractivity contribution in [1.29, 1.82) is 0 Å². The molecule has 0 unspecified atom stereocenters. The van der Waals surface area contributed by atoms with E-state index in [-0.39, 0.29) is 13.2 Å². The number of carbonyl (C=O) groups is 1. The van der Waals surface area contributed by atoms with Crippen LogP contribution in [0, 0.1) is 0 Å². The maximum absolute atomic E-state index is 9.87. The van der Waals surface area contributed by atoms with E-state index in [0.29, 0.717) is 0 Å². The SMILES string of the molecule is NC(=O)OCC=CCO. The molecule has 0 aliphatic carbocycles. The molecule has 0 aromatic carbocycles. The minimum atomic E-state index is -0.808. The first-order chi connectivity index (χ1) is 4.27. The van der Waals surface area contributed by atoms with E-state index in [2.05, 4.69) is 10.5 Å². The fourth-order valence-electron chi connectivity index (χ4n) is 0.273. The summed E-state index contributed by atoms with van der Waals surface area (Å²) in [6, 6.07) is 0. The summed E-state index contributed by atoms with van der Waals surface area (Å²) >= 11 is 0. The molecule has 4 nitrogen and oxygen atoms in total. The van der Waals surface area contributed by atoms with E-state index in [1.807, 2.05) is 0 Å². The maximum atomic E-state index is 9.87.